The summed E-state index contributed by atoms with van der Waals surface area (Å²) in [5.74, 6) is 0.733. The Bertz CT molecular complexity index is 702. The van der Waals surface area contributed by atoms with E-state index in [4.69, 9.17) is 4.74 Å². The third kappa shape index (κ3) is 4.98. The van der Waals surface area contributed by atoms with Crippen LogP contribution in [0.2, 0.25) is 0 Å². The number of amides is 1. The van der Waals surface area contributed by atoms with E-state index >= 15 is 0 Å². The first-order valence-electron chi connectivity index (χ1n) is 8.44. The Hall–Kier alpha value is -2.55. The molecule has 3 heteroatoms. The molecule has 0 saturated heterocycles. The van der Waals surface area contributed by atoms with Gasteiger partial charge < -0.3 is 10.1 Å². The number of aryl methyl sites for hydroxylation is 2. The van der Waals surface area contributed by atoms with Crippen LogP contribution in [0, 0.1) is 6.92 Å². The van der Waals surface area contributed by atoms with Crippen molar-refractivity contribution < 1.29 is 9.53 Å². The van der Waals surface area contributed by atoms with Crippen molar-refractivity contribution >= 4 is 17.7 Å². The fraction of sp³-hybridized carbons (Fsp3) is 0.286. The molecule has 1 amide bonds. The largest absolute Gasteiger partial charge is 0.494 e. The van der Waals surface area contributed by atoms with Crippen molar-refractivity contribution in [2.45, 2.75) is 33.6 Å². The first kappa shape index (κ1) is 17.8. The van der Waals surface area contributed by atoms with Gasteiger partial charge in [-0.25, -0.2) is 0 Å². The fourth-order valence-electron chi connectivity index (χ4n) is 2.43. The lowest BCUT2D eigenvalue weighted by Gasteiger charge is -2.11. The van der Waals surface area contributed by atoms with Gasteiger partial charge in [-0.3, -0.25) is 4.79 Å². The fourth-order valence-corrected chi connectivity index (χ4v) is 2.43. The molecule has 0 saturated carbocycles. The van der Waals surface area contributed by atoms with Crippen LogP contribution in [0.25, 0.3) is 6.08 Å². The Morgan fingerprint density at radius 3 is 2.54 bits per heavy atom. The number of benzene rings is 2. The standard InChI is InChI=1S/C21H25NO2/c1-4-15-24-19-12-9-17(10-13-19)11-14-20(23)22-21-16(3)7-6-8-18(21)5-2/h6-14H,4-5,15H2,1-3H3,(H,22,23). The number of anilines is 1. The van der Waals surface area contributed by atoms with Gasteiger partial charge in [0.25, 0.3) is 0 Å². The summed E-state index contributed by atoms with van der Waals surface area (Å²) in [5, 5.41) is 2.99. The molecule has 0 atom stereocenters. The highest BCUT2D eigenvalue weighted by atomic mass is 16.5. The zero-order valence-corrected chi connectivity index (χ0v) is 14.6. The van der Waals surface area contributed by atoms with Gasteiger partial charge >= 0.3 is 0 Å². The molecule has 0 radical (unpaired) electrons. The van der Waals surface area contributed by atoms with E-state index < -0.39 is 0 Å². The third-order valence-corrected chi connectivity index (χ3v) is 3.77. The number of rotatable bonds is 7. The van der Waals surface area contributed by atoms with Crippen LogP contribution in [-0.4, -0.2) is 12.5 Å². The van der Waals surface area contributed by atoms with Crippen molar-refractivity contribution in [1.29, 1.82) is 0 Å². The number of ether oxygens (including phenoxy) is 1. The minimum Gasteiger partial charge on any atom is -0.494 e. The second-order valence-electron chi connectivity index (χ2n) is 5.70. The molecule has 0 bridgehead atoms. The van der Waals surface area contributed by atoms with Crippen LogP contribution < -0.4 is 10.1 Å². The Balaban J connectivity index is 2.00. The SMILES string of the molecule is CCCOc1ccc(C=CC(=O)Nc2c(C)cccc2CC)cc1. The molecule has 0 aliphatic heterocycles. The first-order chi connectivity index (χ1) is 11.6. The normalized spacial score (nSPS) is 10.8. The topological polar surface area (TPSA) is 38.3 Å². The maximum absolute atomic E-state index is 12.2. The van der Waals surface area contributed by atoms with Gasteiger partial charge in [0.05, 0.1) is 6.61 Å². The van der Waals surface area contributed by atoms with Gasteiger partial charge in [0.1, 0.15) is 5.75 Å². The van der Waals surface area contributed by atoms with Crippen LogP contribution in [0.4, 0.5) is 5.69 Å². The minimum atomic E-state index is -0.120. The zero-order chi connectivity index (χ0) is 17.4. The second kappa shape index (κ2) is 8.92. The van der Waals surface area contributed by atoms with E-state index in [1.807, 2.05) is 55.5 Å². The number of carbonyl (C=O) groups excluding carboxylic acids is 1. The summed E-state index contributed by atoms with van der Waals surface area (Å²) in [6.45, 7) is 6.89. The summed E-state index contributed by atoms with van der Waals surface area (Å²) < 4.78 is 5.55. The maximum Gasteiger partial charge on any atom is 0.248 e. The van der Waals surface area contributed by atoms with Gasteiger partial charge in [0, 0.05) is 11.8 Å². The molecule has 0 aliphatic carbocycles. The van der Waals surface area contributed by atoms with Crippen LogP contribution in [-0.2, 0) is 11.2 Å². The molecule has 2 aromatic carbocycles. The molecule has 0 aliphatic rings. The Morgan fingerprint density at radius 2 is 1.88 bits per heavy atom. The van der Waals surface area contributed by atoms with Gasteiger partial charge in [-0.1, -0.05) is 44.2 Å². The highest BCUT2D eigenvalue weighted by molar-refractivity contribution is 6.02. The summed E-state index contributed by atoms with van der Waals surface area (Å²) in [7, 11) is 0. The van der Waals surface area contributed by atoms with E-state index in [0.717, 1.165) is 41.0 Å². The van der Waals surface area contributed by atoms with Crippen molar-refractivity contribution in [2.24, 2.45) is 0 Å². The lowest BCUT2D eigenvalue weighted by molar-refractivity contribution is -0.111. The third-order valence-electron chi connectivity index (χ3n) is 3.77. The number of hydrogen-bond donors (Lipinski definition) is 1. The average Bonchev–Trinajstić information content (AvgIpc) is 2.60. The Kier molecular flexibility index (Phi) is 6.62. The van der Waals surface area contributed by atoms with Crippen LogP contribution in [0.15, 0.2) is 48.5 Å². The van der Waals surface area contributed by atoms with Crippen molar-refractivity contribution in [1.82, 2.24) is 0 Å². The zero-order valence-electron chi connectivity index (χ0n) is 14.6. The molecular weight excluding hydrogens is 298 g/mol. The molecule has 3 nitrogen and oxygen atoms in total. The van der Waals surface area contributed by atoms with Crippen molar-refractivity contribution in [2.75, 3.05) is 11.9 Å². The Morgan fingerprint density at radius 1 is 1.12 bits per heavy atom. The maximum atomic E-state index is 12.2. The molecule has 0 fully saturated rings. The molecule has 0 spiro atoms. The number of nitrogens with one attached hydrogen (secondary N) is 1. The molecule has 2 aromatic rings. The molecule has 0 unspecified atom stereocenters. The smallest absolute Gasteiger partial charge is 0.248 e. The molecule has 2 rings (SSSR count). The van der Waals surface area contributed by atoms with Crippen molar-refractivity contribution in [3.05, 3.63) is 65.2 Å². The lowest BCUT2D eigenvalue weighted by Crippen LogP contribution is -2.11. The molecule has 0 aromatic heterocycles. The molecule has 24 heavy (non-hydrogen) atoms. The molecule has 126 valence electrons. The van der Waals surface area contributed by atoms with Crippen LogP contribution in [0.3, 0.4) is 0 Å². The minimum absolute atomic E-state index is 0.120. The van der Waals surface area contributed by atoms with Crippen molar-refractivity contribution in [3.63, 3.8) is 0 Å². The van der Waals surface area contributed by atoms with E-state index in [-0.39, 0.29) is 5.91 Å². The van der Waals surface area contributed by atoms with E-state index in [1.165, 1.54) is 0 Å². The number of para-hydroxylation sites is 1. The predicted octanol–water partition coefficient (Wildman–Crippen LogP) is 5.00. The van der Waals surface area contributed by atoms with E-state index in [9.17, 15) is 4.79 Å². The first-order valence-corrected chi connectivity index (χ1v) is 8.44. The van der Waals surface area contributed by atoms with E-state index in [1.54, 1.807) is 6.08 Å². The summed E-state index contributed by atoms with van der Waals surface area (Å²) in [5.41, 5.74) is 4.11. The van der Waals surface area contributed by atoms with Gasteiger partial charge in [0.2, 0.25) is 5.91 Å². The van der Waals surface area contributed by atoms with Crippen molar-refractivity contribution in [3.8, 4) is 5.75 Å². The second-order valence-corrected chi connectivity index (χ2v) is 5.70. The predicted molar refractivity (Wildman–Crippen MR) is 100 cm³/mol. The summed E-state index contributed by atoms with van der Waals surface area (Å²) in [6, 6.07) is 13.8. The quantitative estimate of drug-likeness (QED) is 0.728. The summed E-state index contributed by atoms with van der Waals surface area (Å²) >= 11 is 0. The van der Waals surface area contributed by atoms with Gasteiger partial charge in [-0.2, -0.15) is 0 Å². The average molecular weight is 323 g/mol. The highest BCUT2D eigenvalue weighted by Crippen LogP contribution is 2.21. The van der Waals surface area contributed by atoms with Gasteiger partial charge in [-0.15, -0.1) is 0 Å². The Labute approximate surface area is 144 Å². The lowest BCUT2D eigenvalue weighted by atomic mass is 10.1. The van der Waals surface area contributed by atoms with Crippen LogP contribution >= 0.6 is 0 Å². The van der Waals surface area contributed by atoms with E-state index in [2.05, 4.69) is 19.2 Å². The van der Waals surface area contributed by atoms with Gasteiger partial charge in [0.15, 0.2) is 0 Å². The van der Waals surface area contributed by atoms with Crippen LogP contribution in [0.1, 0.15) is 37.0 Å². The van der Waals surface area contributed by atoms with Crippen LogP contribution in [0.5, 0.6) is 5.75 Å². The molecular formula is C21H25NO2. The molecule has 1 N–H and O–H groups in total. The number of carbonyl (C=O) groups is 1. The molecule has 0 heterocycles. The summed E-state index contributed by atoms with van der Waals surface area (Å²) in [6.07, 6.45) is 5.25. The van der Waals surface area contributed by atoms with E-state index in [0.29, 0.717) is 6.61 Å². The monoisotopic (exact) mass is 323 g/mol. The number of hydrogen-bond acceptors (Lipinski definition) is 2. The summed E-state index contributed by atoms with van der Waals surface area (Å²) in [4.78, 5) is 12.2. The van der Waals surface area contributed by atoms with Gasteiger partial charge in [-0.05, 0) is 54.7 Å². The highest BCUT2D eigenvalue weighted by Gasteiger charge is 2.06.